The van der Waals surface area contributed by atoms with E-state index in [-0.39, 0.29) is 0 Å². The Balaban J connectivity index is 1.87. The fraction of sp³-hybridized carbons (Fsp3) is 0.400. The van der Waals surface area contributed by atoms with Crippen molar-refractivity contribution in [3.8, 4) is 10.6 Å². The normalized spacial score (nSPS) is 19.0. The third kappa shape index (κ3) is 2.65. The van der Waals surface area contributed by atoms with Gasteiger partial charge in [-0.05, 0) is 25.0 Å². The van der Waals surface area contributed by atoms with E-state index in [0.29, 0.717) is 6.04 Å². The summed E-state index contributed by atoms with van der Waals surface area (Å²) in [7, 11) is 1.78. The van der Waals surface area contributed by atoms with E-state index in [1.165, 1.54) is 24.1 Å². The molecule has 0 amide bonds. The molecule has 1 aliphatic rings. The Hall–Kier alpha value is -1.39. The van der Waals surface area contributed by atoms with Crippen molar-refractivity contribution in [1.29, 1.82) is 0 Å². The van der Waals surface area contributed by atoms with E-state index in [0.717, 1.165) is 18.2 Å². The van der Waals surface area contributed by atoms with Crippen LogP contribution in [0.4, 0.5) is 5.69 Å². The molecule has 19 heavy (non-hydrogen) atoms. The Morgan fingerprint density at radius 2 is 2.42 bits per heavy atom. The molecule has 1 atom stereocenters. The molecule has 0 bridgehead atoms. The minimum absolute atomic E-state index is 0.511. The second-order valence-electron chi connectivity index (χ2n) is 4.83. The standard InChI is InChI=1S/C15H18N2OS/c1-18-11-14-6-3-8-17(14)13-5-2-4-12(10-13)15-16-7-9-19-15/h2,4-5,7,9-10,14H,3,6,8,11H2,1H3. The number of thiazole rings is 1. The van der Waals surface area contributed by atoms with E-state index in [2.05, 4.69) is 34.1 Å². The van der Waals surface area contributed by atoms with Gasteiger partial charge in [0.2, 0.25) is 0 Å². The van der Waals surface area contributed by atoms with E-state index in [1.54, 1.807) is 18.4 Å². The molecule has 0 spiro atoms. The fourth-order valence-electron chi connectivity index (χ4n) is 2.72. The zero-order valence-corrected chi connectivity index (χ0v) is 11.9. The summed E-state index contributed by atoms with van der Waals surface area (Å²) < 4.78 is 5.33. The van der Waals surface area contributed by atoms with Crippen LogP contribution in [-0.4, -0.2) is 31.3 Å². The van der Waals surface area contributed by atoms with E-state index in [4.69, 9.17) is 4.74 Å². The Morgan fingerprint density at radius 1 is 1.47 bits per heavy atom. The van der Waals surface area contributed by atoms with Gasteiger partial charge in [-0.3, -0.25) is 0 Å². The molecule has 1 unspecified atom stereocenters. The summed E-state index contributed by atoms with van der Waals surface area (Å²) in [6.07, 6.45) is 4.32. The second kappa shape index (κ2) is 5.72. The van der Waals surface area contributed by atoms with Crippen LogP contribution in [0.2, 0.25) is 0 Å². The maximum absolute atomic E-state index is 5.33. The summed E-state index contributed by atoms with van der Waals surface area (Å²) in [6.45, 7) is 1.93. The van der Waals surface area contributed by atoms with Crippen LogP contribution < -0.4 is 4.90 Å². The van der Waals surface area contributed by atoms with Crippen LogP contribution in [0.25, 0.3) is 10.6 Å². The van der Waals surface area contributed by atoms with Gasteiger partial charge in [-0.25, -0.2) is 4.98 Å². The van der Waals surface area contributed by atoms with Crippen molar-refractivity contribution in [2.24, 2.45) is 0 Å². The lowest BCUT2D eigenvalue weighted by molar-refractivity contribution is 0.181. The molecule has 4 heteroatoms. The number of ether oxygens (including phenoxy) is 1. The van der Waals surface area contributed by atoms with Gasteiger partial charge in [-0.15, -0.1) is 11.3 Å². The van der Waals surface area contributed by atoms with Crippen molar-refractivity contribution in [3.63, 3.8) is 0 Å². The van der Waals surface area contributed by atoms with Crippen LogP contribution in [0.1, 0.15) is 12.8 Å². The lowest BCUT2D eigenvalue weighted by Gasteiger charge is -2.26. The first-order chi connectivity index (χ1) is 9.38. The molecule has 0 radical (unpaired) electrons. The average molecular weight is 274 g/mol. The van der Waals surface area contributed by atoms with Crippen LogP contribution in [0, 0.1) is 0 Å². The molecule has 1 saturated heterocycles. The van der Waals surface area contributed by atoms with Crippen LogP contribution in [-0.2, 0) is 4.74 Å². The van der Waals surface area contributed by atoms with E-state index >= 15 is 0 Å². The van der Waals surface area contributed by atoms with Crippen molar-refractivity contribution in [1.82, 2.24) is 4.98 Å². The smallest absolute Gasteiger partial charge is 0.123 e. The number of rotatable bonds is 4. The molecule has 1 fully saturated rings. The number of methoxy groups -OCH3 is 1. The highest BCUT2D eigenvalue weighted by Gasteiger charge is 2.24. The highest BCUT2D eigenvalue weighted by atomic mass is 32.1. The van der Waals surface area contributed by atoms with Crippen LogP contribution in [0.5, 0.6) is 0 Å². The SMILES string of the molecule is COCC1CCCN1c1cccc(-c2nccs2)c1. The lowest BCUT2D eigenvalue weighted by atomic mass is 10.1. The van der Waals surface area contributed by atoms with Crippen molar-refractivity contribution in [2.75, 3.05) is 25.2 Å². The first kappa shape index (κ1) is 12.6. The lowest BCUT2D eigenvalue weighted by Crippen LogP contribution is -2.32. The third-order valence-electron chi connectivity index (χ3n) is 3.59. The Kier molecular flexibility index (Phi) is 3.80. The topological polar surface area (TPSA) is 25.4 Å². The molecule has 1 aromatic heterocycles. The van der Waals surface area contributed by atoms with Crippen LogP contribution in [0.3, 0.4) is 0 Å². The van der Waals surface area contributed by atoms with Crippen LogP contribution in [0.15, 0.2) is 35.8 Å². The van der Waals surface area contributed by atoms with E-state index < -0.39 is 0 Å². The van der Waals surface area contributed by atoms with E-state index in [9.17, 15) is 0 Å². The first-order valence-electron chi connectivity index (χ1n) is 6.64. The largest absolute Gasteiger partial charge is 0.383 e. The molecule has 1 aliphatic heterocycles. The molecule has 100 valence electrons. The van der Waals surface area contributed by atoms with Gasteiger partial charge >= 0.3 is 0 Å². The fourth-order valence-corrected chi connectivity index (χ4v) is 3.36. The first-order valence-corrected chi connectivity index (χ1v) is 7.52. The molecular weight excluding hydrogens is 256 g/mol. The quantitative estimate of drug-likeness (QED) is 0.854. The van der Waals surface area contributed by atoms with Gasteiger partial charge in [0.15, 0.2) is 0 Å². The van der Waals surface area contributed by atoms with Gasteiger partial charge in [0.25, 0.3) is 0 Å². The molecule has 0 saturated carbocycles. The minimum Gasteiger partial charge on any atom is -0.383 e. The summed E-state index contributed by atoms with van der Waals surface area (Å²) >= 11 is 1.68. The summed E-state index contributed by atoms with van der Waals surface area (Å²) in [6, 6.07) is 9.19. The van der Waals surface area contributed by atoms with Crippen molar-refractivity contribution in [3.05, 3.63) is 35.8 Å². The maximum atomic E-state index is 5.33. The summed E-state index contributed by atoms with van der Waals surface area (Å²) in [5.74, 6) is 0. The van der Waals surface area contributed by atoms with Crippen molar-refractivity contribution >= 4 is 17.0 Å². The number of aromatic nitrogens is 1. The highest BCUT2D eigenvalue weighted by Crippen LogP contribution is 2.30. The monoisotopic (exact) mass is 274 g/mol. The maximum Gasteiger partial charge on any atom is 0.123 e. The van der Waals surface area contributed by atoms with Crippen molar-refractivity contribution < 1.29 is 4.74 Å². The Bertz CT molecular complexity index is 527. The predicted octanol–water partition coefficient (Wildman–Crippen LogP) is 3.43. The molecule has 0 N–H and O–H groups in total. The number of hydrogen-bond acceptors (Lipinski definition) is 4. The summed E-state index contributed by atoms with van der Waals surface area (Å²) in [4.78, 5) is 6.84. The Labute approximate surface area is 117 Å². The summed E-state index contributed by atoms with van der Waals surface area (Å²) in [5, 5.41) is 3.11. The van der Waals surface area contributed by atoms with Gasteiger partial charge in [0.1, 0.15) is 5.01 Å². The second-order valence-corrected chi connectivity index (χ2v) is 5.73. The predicted molar refractivity (Wildman–Crippen MR) is 79.8 cm³/mol. The molecular formula is C15H18N2OS. The zero-order valence-electron chi connectivity index (χ0n) is 11.1. The zero-order chi connectivity index (χ0) is 13.1. The molecule has 0 aliphatic carbocycles. The van der Waals surface area contributed by atoms with Crippen LogP contribution >= 0.6 is 11.3 Å². The average Bonchev–Trinajstić information content (AvgIpc) is 3.10. The summed E-state index contributed by atoms with van der Waals surface area (Å²) in [5.41, 5.74) is 2.49. The molecule has 3 rings (SSSR count). The molecule has 1 aromatic carbocycles. The Morgan fingerprint density at radius 3 is 3.21 bits per heavy atom. The van der Waals surface area contributed by atoms with Gasteiger partial charge in [0, 0.05) is 36.5 Å². The molecule has 2 aromatic rings. The number of hydrogen-bond donors (Lipinski definition) is 0. The number of anilines is 1. The minimum atomic E-state index is 0.511. The highest BCUT2D eigenvalue weighted by molar-refractivity contribution is 7.13. The number of nitrogens with zero attached hydrogens (tertiary/aromatic N) is 2. The number of benzene rings is 1. The van der Waals surface area contributed by atoms with Gasteiger partial charge in [-0.2, -0.15) is 0 Å². The van der Waals surface area contributed by atoms with E-state index in [1.807, 2.05) is 11.6 Å². The van der Waals surface area contributed by atoms with Gasteiger partial charge in [0.05, 0.1) is 12.6 Å². The van der Waals surface area contributed by atoms with Crippen molar-refractivity contribution in [2.45, 2.75) is 18.9 Å². The third-order valence-corrected chi connectivity index (χ3v) is 4.42. The molecule has 3 nitrogen and oxygen atoms in total. The van der Waals surface area contributed by atoms with Gasteiger partial charge < -0.3 is 9.64 Å². The van der Waals surface area contributed by atoms with Gasteiger partial charge in [-0.1, -0.05) is 12.1 Å². The molecule has 2 heterocycles.